The van der Waals surface area contributed by atoms with Gasteiger partial charge in [0.1, 0.15) is 11.1 Å². The number of halogens is 1. The lowest BCUT2D eigenvalue weighted by Crippen LogP contribution is -2.25. The third-order valence-corrected chi connectivity index (χ3v) is 7.22. The Morgan fingerprint density at radius 2 is 1.75 bits per heavy atom. The molecule has 2 amide bonds. The molecule has 0 bridgehead atoms. The molecule has 2 heterocycles. The molecule has 8 heteroatoms. The monoisotopic (exact) mass is 500 g/mol. The van der Waals surface area contributed by atoms with Crippen molar-refractivity contribution < 1.29 is 14.0 Å². The fourth-order valence-corrected chi connectivity index (χ4v) is 5.53. The van der Waals surface area contributed by atoms with E-state index in [9.17, 15) is 14.0 Å². The van der Waals surface area contributed by atoms with E-state index in [1.54, 1.807) is 17.1 Å². The first-order valence-corrected chi connectivity index (χ1v) is 12.6. The molecule has 3 aromatic rings. The lowest BCUT2D eigenvalue weighted by molar-refractivity contribution is -0.121. The highest BCUT2D eigenvalue weighted by atomic mass is 32.2. The topological polar surface area (TPSA) is 74.1 Å². The van der Waals surface area contributed by atoms with E-state index in [0.717, 1.165) is 28.0 Å². The maximum atomic E-state index is 13.6. The average Bonchev–Trinajstić information content (AvgIpc) is 3.43. The largest absolute Gasteiger partial charge is 0.326 e. The molecule has 0 radical (unpaired) electrons. The standard InChI is InChI=1S/C28H25FN4O2S/c1-17-12-18(2)14-22(13-17)30-26(34)16-25-27(35)31-28(36-25)33-24(20-8-10-21(29)11-9-20)15-23(32-33)19-6-4-3-5-7-19/h3-14,24-25H,15-16H2,1-2H3,(H,30,34)/t24-,25-/m0/s1. The van der Waals surface area contributed by atoms with Crippen molar-refractivity contribution in [1.29, 1.82) is 0 Å². The number of aliphatic imine (C=N–C) groups is 1. The van der Waals surface area contributed by atoms with E-state index in [2.05, 4.69) is 10.3 Å². The van der Waals surface area contributed by atoms with E-state index in [-0.39, 0.29) is 30.1 Å². The molecule has 0 spiro atoms. The van der Waals surface area contributed by atoms with Crippen LogP contribution in [0.2, 0.25) is 0 Å². The summed E-state index contributed by atoms with van der Waals surface area (Å²) in [6.07, 6.45) is 0.592. The van der Waals surface area contributed by atoms with Crippen molar-refractivity contribution in [2.45, 2.75) is 38.0 Å². The van der Waals surface area contributed by atoms with Crippen LogP contribution in [0.5, 0.6) is 0 Å². The molecule has 0 saturated carbocycles. The van der Waals surface area contributed by atoms with Crippen LogP contribution in [-0.4, -0.2) is 33.0 Å². The Bertz CT molecular complexity index is 1350. The SMILES string of the molecule is Cc1cc(C)cc(NC(=O)C[C@@H]2SC(N3N=C(c4ccccc4)C[C@H]3c3ccc(F)cc3)=NC2=O)c1. The van der Waals surface area contributed by atoms with Crippen LogP contribution in [0.4, 0.5) is 10.1 Å². The first kappa shape index (κ1) is 23.9. The van der Waals surface area contributed by atoms with Crippen LogP contribution in [0.3, 0.4) is 0 Å². The number of amidine groups is 1. The van der Waals surface area contributed by atoms with E-state index in [1.807, 2.05) is 62.4 Å². The first-order chi connectivity index (χ1) is 17.4. The second kappa shape index (κ2) is 10.1. The number of carbonyl (C=O) groups excluding carboxylic acids is 2. The van der Waals surface area contributed by atoms with Gasteiger partial charge in [-0.1, -0.05) is 60.3 Å². The second-order valence-electron chi connectivity index (χ2n) is 9.00. The highest BCUT2D eigenvalue weighted by Crippen LogP contribution is 2.38. The molecule has 0 aromatic heterocycles. The van der Waals surface area contributed by atoms with Gasteiger partial charge in [-0.2, -0.15) is 10.1 Å². The van der Waals surface area contributed by atoms with E-state index < -0.39 is 5.25 Å². The van der Waals surface area contributed by atoms with Crippen LogP contribution in [0.1, 0.15) is 41.1 Å². The minimum Gasteiger partial charge on any atom is -0.326 e. The van der Waals surface area contributed by atoms with Gasteiger partial charge >= 0.3 is 0 Å². The third kappa shape index (κ3) is 5.23. The molecule has 1 N–H and O–H groups in total. The van der Waals surface area contributed by atoms with Crippen LogP contribution in [0.15, 0.2) is 82.9 Å². The Hall–Kier alpha value is -3.78. The number of amides is 2. The summed E-state index contributed by atoms with van der Waals surface area (Å²) >= 11 is 1.24. The van der Waals surface area contributed by atoms with Crippen LogP contribution < -0.4 is 5.32 Å². The molecule has 3 aromatic carbocycles. The van der Waals surface area contributed by atoms with E-state index in [0.29, 0.717) is 17.3 Å². The number of hydrogen-bond donors (Lipinski definition) is 1. The predicted octanol–water partition coefficient (Wildman–Crippen LogP) is 5.62. The number of carbonyl (C=O) groups is 2. The van der Waals surface area contributed by atoms with Crippen molar-refractivity contribution >= 4 is 40.1 Å². The van der Waals surface area contributed by atoms with Gasteiger partial charge < -0.3 is 5.32 Å². The van der Waals surface area contributed by atoms with Gasteiger partial charge in [0.05, 0.1) is 11.8 Å². The van der Waals surface area contributed by atoms with Crippen molar-refractivity contribution in [2.75, 3.05) is 5.32 Å². The third-order valence-electron chi connectivity index (χ3n) is 6.07. The summed E-state index contributed by atoms with van der Waals surface area (Å²) in [7, 11) is 0. The number of hydrogen-bond acceptors (Lipinski definition) is 5. The molecule has 0 unspecified atom stereocenters. The van der Waals surface area contributed by atoms with Gasteiger partial charge in [0.25, 0.3) is 5.91 Å². The quantitative estimate of drug-likeness (QED) is 0.493. The Balaban J connectivity index is 1.34. The van der Waals surface area contributed by atoms with Crippen molar-refractivity contribution in [3.8, 4) is 0 Å². The molecular weight excluding hydrogens is 475 g/mol. The Labute approximate surface area is 213 Å². The highest BCUT2D eigenvalue weighted by molar-refractivity contribution is 8.15. The molecule has 0 saturated heterocycles. The van der Waals surface area contributed by atoms with Crippen molar-refractivity contribution in [1.82, 2.24) is 5.01 Å². The highest BCUT2D eigenvalue weighted by Gasteiger charge is 2.39. The second-order valence-corrected chi connectivity index (χ2v) is 10.2. The van der Waals surface area contributed by atoms with Crippen LogP contribution in [-0.2, 0) is 9.59 Å². The molecule has 6 nitrogen and oxygen atoms in total. The number of benzene rings is 3. The normalized spacial score (nSPS) is 19.3. The number of aryl methyl sites for hydroxylation is 2. The summed E-state index contributed by atoms with van der Waals surface area (Å²) < 4.78 is 13.6. The summed E-state index contributed by atoms with van der Waals surface area (Å²) in [5, 5.41) is 9.26. The minimum absolute atomic E-state index is 0.00774. The van der Waals surface area contributed by atoms with E-state index >= 15 is 0 Å². The summed E-state index contributed by atoms with van der Waals surface area (Å²) in [6, 6.07) is 21.7. The first-order valence-electron chi connectivity index (χ1n) is 11.7. The van der Waals surface area contributed by atoms with Gasteiger partial charge in [-0.15, -0.1) is 0 Å². The Morgan fingerprint density at radius 1 is 1.06 bits per heavy atom. The summed E-state index contributed by atoms with van der Waals surface area (Å²) in [4.78, 5) is 29.7. The molecule has 182 valence electrons. The number of hydrazone groups is 1. The maximum absolute atomic E-state index is 13.6. The van der Waals surface area contributed by atoms with Gasteiger partial charge in [-0.25, -0.2) is 9.40 Å². The fourth-order valence-electron chi connectivity index (χ4n) is 4.47. The smallest absolute Gasteiger partial charge is 0.262 e. The van der Waals surface area contributed by atoms with Crippen molar-refractivity contribution in [2.24, 2.45) is 10.1 Å². The minimum atomic E-state index is -0.629. The predicted molar refractivity (Wildman–Crippen MR) is 142 cm³/mol. The van der Waals surface area contributed by atoms with Gasteiger partial charge in [-0.05, 0) is 60.4 Å². The average molecular weight is 501 g/mol. The molecule has 0 fully saturated rings. The number of nitrogens with one attached hydrogen (secondary N) is 1. The molecule has 2 aliphatic heterocycles. The summed E-state index contributed by atoms with van der Waals surface area (Å²) in [5.41, 5.74) is 5.52. The molecule has 2 aliphatic rings. The number of thioether (sulfide) groups is 1. The van der Waals surface area contributed by atoms with Gasteiger partial charge in [0.15, 0.2) is 5.17 Å². The van der Waals surface area contributed by atoms with E-state index in [1.165, 1.54) is 23.9 Å². The number of anilines is 1. The molecule has 0 aliphatic carbocycles. The lowest BCUT2D eigenvalue weighted by atomic mass is 9.99. The van der Waals surface area contributed by atoms with Crippen LogP contribution in [0, 0.1) is 19.7 Å². The molecule has 2 atom stereocenters. The van der Waals surface area contributed by atoms with Crippen LogP contribution in [0.25, 0.3) is 0 Å². The number of rotatable bonds is 5. The number of nitrogens with zero attached hydrogens (tertiary/aromatic N) is 3. The maximum Gasteiger partial charge on any atom is 0.262 e. The lowest BCUT2D eigenvalue weighted by Gasteiger charge is -2.23. The Kier molecular flexibility index (Phi) is 6.69. The zero-order valence-corrected chi connectivity index (χ0v) is 20.8. The van der Waals surface area contributed by atoms with Gasteiger partial charge in [0, 0.05) is 18.5 Å². The van der Waals surface area contributed by atoms with Crippen molar-refractivity contribution in [3.63, 3.8) is 0 Å². The zero-order chi connectivity index (χ0) is 25.2. The van der Waals surface area contributed by atoms with Gasteiger partial charge in [0.2, 0.25) is 5.91 Å². The van der Waals surface area contributed by atoms with Crippen LogP contribution >= 0.6 is 11.8 Å². The summed E-state index contributed by atoms with van der Waals surface area (Å²) in [5.74, 6) is -0.913. The van der Waals surface area contributed by atoms with E-state index in [4.69, 9.17) is 5.10 Å². The fraction of sp³-hybridized carbons (Fsp3) is 0.214. The summed E-state index contributed by atoms with van der Waals surface area (Å²) in [6.45, 7) is 3.94. The van der Waals surface area contributed by atoms with Gasteiger partial charge in [-0.3, -0.25) is 9.59 Å². The zero-order valence-electron chi connectivity index (χ0n) is 19.9. The molecule has 5 rings (SSSR count). The van der Waals surface area contributed by atoms with Crippen molar-refractivity contribution in [3.05, 3.63) is 101 Å². The molecule has 36 heavy (non-hydrogen) atoms. The Morgan fingerprint density at radius 3 is 2.44 bits per heavy atom. The molecular formula is C28H25FN4O2S.